The van der Waals surface area contributed by atoms with E-state index in [1.54, 1.807) is 18.3 Å². The summed E-state index contributed by atoms with van der Waals surface area (Å²) in [5, 5.41) is 10.4. The van der Waals surface area contributed by atoms with Crippen LogP contribution in [0.15, 0.2) is 18.3 Å². The molecule has 3 rings (SSSR count). The Balaban J connectivity index is 1.79. The van der Waals surface area contributed by atoms with E-state index in [1.807, 2.05) is 9.80 Å². The second kappa shape index (κ2) is 7.50. The first-order chi connectivity index (χ1) is 12.3. The number of β-amino-alcohol motifs (C(OH)–C–C–N with tert-alkyl or cyclic N) is 1. The van der Waals surface area contributed by atoms with Crippen molar-refractivity contribution >= 4 is 21.7 Å². The number of rotatable bonds is 5. The summed E-state index contributed by atoms with van der Waals surface area (Å²) in [5.41, 5.74) is 0.512. The van der Waals surface area contributed by atoms with Gasteiger partial charge in [-0.15, -0.1) is 0 Å². The van der Waals surface area contributed by atoms with Gasteiger partial charge in [0.15, 0.2) is 0 Å². The van der Waals surface area contributed by atoms with Crippen LogP contribution in [0.1, 0.15) is 23.2 Å². The van der Waals surface area contributed by atoms with E-state index in [9.17, 15) is 18.3 Å². The average molecular weight is 382 g/mol. The van der Waals surface area contributed by atoms with Crippen LogP contribution in [0.4, 0.5) is 5.82 Å². The van der Waals surface area contributed by atoms with E-state index in [0.717, 1.165) is 25.9 Å². The standard InChI is InChI=1S/C17H26N4O4S/c1-19(2)26(24,25)12-13-10-21(11-15(13)22)16-14(6-5-7-18-16)17(23)20-8-3-4-9-20/h5-7,13,15,22H,3-4,8-12H2,1-2H3. The molecule has 2 aliphatic rings. The molecular weight excluding hydrogens is 356 g/mol. The molecule has 2 aliphatic heterocycles. The molecule has 0 radical (unpaired) electrons. The smallest absolute Gasteiger partial charge is 0.257 e. The number of nitrogens with zero attached hydrogens (tertiary/aromatic N) is 4. The largest absolute Gasteiger partial charge is 0.391 e. The first kappa shape index (κ1) is 19.1. The Morgan fingerprint density at radius 1 is 1.31 bits per heavy atom. The lowest BCUT2D eigenvalue weighted by Crippen LogP contribution is -2.33. The van der Waals surface area contributed by atoms with Crippen LogP contribution in [-0.2, 0) is 10.0 Å². The minimum absolute atomic E-state index is 0.0514. The summed E-state index contributed by atoms with van der Waals surface area (Å²) >= 11 is 0. The number of carbonyl (C=O) groups is 1. The summed E-state index contributed by atoms with van der Waals surface area (Å²) in [4.78, 5) is 20.8. The number of hydrogen-bond donors (Lipinski definition) is 1. The van der Waals surface area contributed by atoms with E-state index in [1.165, 1.54) is 18.4 Å². The molecule has 1 aromatic heterocycles. The Kier molecular flexibility index (Phi) is 5.50. The Morgan fingerprint density at radius 3 is 2.65 bits per heavy atom. The first-order valence-corrected chi connectivity index (χ1v) is 10.5. The zero-order valence-electron chi connectivity index (χ0n) is 15.2. The van der Waals surface area contributed by atoms with Gasteiger partial charge in [-0.2, -0.15) is 0 Å². The van der Waals surface area contributed by atoms with Gasteiger partial charge in [0.1, 0.15) is 5.82 Å². The molecule has 9 heteroatoms. The van der Waals surface area contributed by atoms with Crippen molar-refractivity contribution in [3.63, 3.8) is 0 Å². The van der Waals surface area contributed by atoms with Crippen molar-refractivity contribution in [1.82, 2.24) is 14.2 Å². The third-order valence-electron chi connectivity index (χ3n) is 5.10. The van der Waals surface area contributed by atoms with E-state index in [4.69, 9.17) is 0 Å². The number of amides is 1. The number of aromatic nitrogens is 1. The van der Waals surface area contributed by atoms with Gasteiger partial charge in [0.25, 0.3) is 5.91 Å². The fraction of sp³-hybridized carbons (Fsp3) is 0.647. The molecule has 2 unspecified atom stereocenters. The predicted molar refractivity (Wildman–Crippen MR) is 98.6 cm³/mol. The molecule has 1 N–H and O–H groups in total. The number of likely N-dealkylation sites (tertiary alicyclic amines) is 1. The van der Waals surface area contributed by atoms with Crippen LogP contribution in [-0.4, -0.2) is 85.8 Å². The van der Waals surface area contributed by atoms with Crippen LogP contribution < -0.4 is 4.90 Å². The summed E-state index contributed by atoms with van der Waals surface area (Å²) in [6.07, 6.45) is 2.86. The lowest BCUT2D eigenvalue weighted by molar-refractivity contribution is 0.0793. The van der Waals surface area contributed by atoms with Gasteiger partial charge in [-0.1, -0.05) is 0 Å². The molecule has 2 atom stereocenters. The van der Waals surface area contributed by atoms with E-state index < -0.39 is 22.0 Å². The Bertz CT molecular complexity index is 762. The highest BCUT2D eigenvalue weighted by atomic mass is 32.2. The highest BCUT2D eigenvalue weighted by molar-refractivity contribution is 7.89. The molecular formula is C17H26N4O4S. The van der Waals surface area contributed by atoms with Crippen molar-refractivity contribution in [3.05, 3.63) is 23.9 Å². The van der Waals surface area contributed by atoms with Crippen molar-refractivity contribution in [2.24, 2.45) is 5.92 Å². The molecule has 26 heavy (non-hydrogen) atoms. The lowest BCUT2D eigenvalue weighted by Gasteiger charge is -2.23. The molecule has 0 bridgehead atoms. The molecule has 1 aromatic rings. The summed E-state index contributed by atoms with van der Waals surface area (Å²) in [6, 6.07) is 3.48. The Labute approximate surface area is 154 Å². The van der Waals surface area contributed by atoms with E-state index >= 15 is 0 Å². The summed E-state index contributed by atoms with van der Waals surface area (Å²) in [5.74, 6) is -0.0725. The first-order valence-electron chi connectivity index (χ1n) is 8.87. The maximum absolute atomic E-state index is 12.8. The Hall–Kier alpha value is -1.71. The second-order valence-electron chi connectivity index (χ2n) is 7.17. The topological polar surface area (TPSA) is 94.1 Å². The van der Waals surface area contributed by atoms with Gasteiger partial charge >= 0.3 is 0 Å². The summed E-state index contributed by atoms with van der Waals surface area (Å²) in [7, 11) is -0.436. The summed E-state index contributed by atoms with van der Waals surface area (Å²) < 4.78 is 25.5. The minimum atomic E-state index is -3.41. The monoisotopic (exact) mass is 382 g/mol. The van der Waals surface area contributed by atoms with Gasteiger partial charge in [0, 0.05) is 52.4 Å². The number of aliphatic hydroxyl groups excluding tert-OH is 1. The maximum atomic E-state index is 12.8. The molecule has 0 saturated carbocycles. The van der Waals surface area contributed by atoms with Crippen molar-refractivity contribution < 1.29 is 18.3 Å². The van der Waals surface area contributed by atoms with Crippen molar-refractivity contribution in [3.8, 4) is 0 Å². The molecule has 0 aliphatic carbocycles. The maximum Gasteiger partial charge on any atom is 0.257 e. The van der Waals surface area contributed by atoms with Gasteiger partial charge < -0.3 is 14.9 Å². The number of hydrogen-bond acceptors (Lipinski definition) is 6. The third-order valence-corrected chi connectivity index (χ3v) is 7.06. The molecule has 3 heterocycles. The average Bonchev–Trinajstić information content (AvgIpc) is 3.24. The quantitative estimate of drug-likeness (QED) is 0.771. The van der Waals surface area contributed by atoms with Gasteiger partial charge in [-0.25, -0.2) is 17.7 Å². The van der Waals surface area contributed by atoms with Gasteiger partial charge in [-0.3, -0.25) is 4.79 Å². The lowest BCUT2D eigenvalue weighted by atomic mass is 10.1. The third kappa shape index (κ3) is 3.84. The van der Waals surface area contributed by atoms with Crippen LogP contribution in [0.2, 0.25) is 0 Å². The molecule has 144 valence electrons. The number of sulfonamides is 1. The number of pyridine rings is 1. The van der Waals surface area contributed by atoms with E-state index in [0.29, 0.717) is 17.9 Å². The van der Waals surface area contributed by atoms with Crippen molar-refractivity contribution in [1.29, 1.82) is 0 Å². The van der Waals surface area contributed by atoms with Crippen LogP contribution >= 0.6 is 0 Å². The normalized spacial score (nSPS) is 23.8. The van der Waals surface area contributed by atoms with Crippen LogP contribution in [0.25, 0.3) is 0 Å². The summed E-state index contributed by atoms with van der Waals surface area (Å²) in [6.45, 7) is 2.12. The fourth-order valence-corrected chi connectivity index (χ4v) is 4.68. The zero-order chi connectivity index (χ0) is 18.9. The molecule has 2 fully saturated rings. The van der Waals surface area contributed by atoms with Gasteiger partial charge in [-0.05, 0) is 25.0 Å². The van der Waals surface area contributed by atoms with Gasteiger partial charge in [0.2, 0.25) is 10.0 Å². The second-order valence-corrected chi connectivity index (χ2v) is 9.39. The number of aliphatic hydroxyl groups is 1. The molecule has 8 nitrogen and oxygen atoms in total. The van der Waals surface area contributed by atoms with E-state index in [2.05, 4.69) is 4.98 Å². The van der Waals surface area contributed by atoms with E-state index in [-0.39, 0.29) is 18.2 Å². The molecule has 2 saturated heterocycles. The number of carbonyl (C=O) groups excluding carboxylic acids is 1. The fourth-order valence-electron chi connectivity index (χ4n) is 3.52. The van der Waals surface area contributed by atoms with Crippen LogP contribution in [0, 0.1) is 5.92 Å². The Morgan fingerprint density at radius 2 is 2.00 bits per heavy atom. The minimum Gasteiger partial charge on any atom is -0.391 e. The van der Waals surface area contributed by atoms with Crippen LogP contribution in [0.5, 0.6) is 0 Å². The molecule has 1 amide bonds. The van der Waals surface area contributed by atoms with Crippen molar-refractivity contribution in [2.75, 3.05) is 50.9 Å². The highest BCUT2D eigenvalue weighted by Gasteiger charge is 2.37. The van der Waals surface area contributed by atoms with Gasteiger partial charge in [0.05, 0.1) is 17.4 Å². The highest BCUT2D eigenvalue weighted by Crippen LogP contribution is 2.28. The number of anilines is 1. The SMILES string of the molecule is CN(C)S(=O)(=O)CC1CN(c2ncccc2C(=O)N2CCCC2)CC1O. The zero-order valence-corrected chi connectivity index (χ0v) is 16.0. The molecule has 0 aromatic carbocycles. The predicted octanol–water partition coefficient (Wildman–Crippen LogP) is 0.00610. The van der Waals surface area contributed by atoms with Crippen molar-refractivity contribution in [2.45, 2.75) is 18.9 Å². The van der Waals surface area contributed by atoms with Crippen LogP contribution in [0.3, 0.4) is 0 Å². The molecule has 0 spiro atoms.